The number of halogens is 1. The summed E-state index contributed by atoms with van der Waals surface area (Å²) in [5.41, 5.74) is 1.97. The Morgan fingerprint density at radius 2 is 1.71 bits per heavy atom. The monoisotopic (exact) mass is 500 g/mol. The number of benzene rings is 1. The molecule has 7 rings (SSSR count). The summed E-state index contributed by atoms with van der Waals surface area (Å²) in [6, 6.07) is 6.86. The highest BCUT2D eigenvalue weighted by molar-refractivity contribution is 7.88. The lowest BCUT2D eigenvalue weighted by molar-refractivity contribution is -0.140. The van der Waals surface area contributed by atoms with E-state index in [0.29, 0.717) is 52.8 Å². The number of rotatable bonds is 5. The van der Waals surface area contributed by atoms with Crippen LogP contribution in [0.15, 0.2) is 30.6 Å². The van der Waals surface area contributed by atoms with E-state index in [1.807, 2.05) is 0 Å². The number of carbonyl (C=O) groups excluding carboxylic acids is 1. The van der Waals surface area contributed by atoms with Gasteiger partial charge in [-0.05, 0) is 80.4 Å². The molecule has 1 amide bonds. The fourth-order valence-electron chi connectivity index (χ4n) is 7.19. The van der Waals surface area contributed by atoms with Crippen molar-refractivity contribution in [1.82, 2.24) is 14.3 Å². The lowest BCUT2D eigenvalue weighted by atomic mass is 9.49. The van der Waals surface area contributed by atoms with Crippen molar-refractivity contribution >= 4 is 33.3 Å². The molecule has 5 aliphatic rings. The van der Waals surface area contributed by atoms with Gasteiger partial charge in [0.25, 0.3) is 0 Å². The van der Waals surface area contributed by atoms with Gasteiger partial charge >= 0.3 is 0 Å². The third-order valence-electron chi connectivity index (χ3n) is 8.38. The lowest BCUT2D eigenvalue weighted by Crippen LogP contribution is -2.52. The van der Waals surface area contributed by atoms with Crippen LogP contribution in [0.1, 0.15) is 55.3 Å². The topological polar surface area (TPSA) is 92.3 Å². The van der Waals surface area contributed by atoms with E-state index >= 15 is 0 Å². The normalized spacial score (nSPS) is 30.2. The Morgan fingerprint density at radius 1 is 1.06 bits per heavy atom. The van der Waals surface area contributed by atoms with Crippen LogP contribution in [-0.2, 0) is 33.5 Å². The summed E-state index contributed by atoms with van der Waals surface area (Å²) in [6.45, 7) is 0.532. The Labute approximate surface area is 205 Å². The quantitative estimate of drug-likeness (QED) is 0.665. The zero-order valence-electron chi connectivity index (χ0n) is 19.0. The second-order valence-electron chi connectivity index (χ2n) is 10.8. The van der Waals surface area contributed by atoms with Gasteiger partial charge in [-0.3, -0.25) is 4.79 Å². The van der Waals surface area contributed by atoms with Crippen LogP contribution in [0, 0.1) is 23.2 Å². The number of hydrogen-bond acceptors (Lipinski definition) is 5. The van der Waals surface area contributed by atoms with Crippen LogP contribution in [0.4, 0.5) is 5.82 Å². The van der Waals surface area contributed by atoms with Crippen LogP contribution in [-0.4, -0.2) is 35.1 Å². The van der Waals surface area contributed by atoms with Gasteiger partial charge in [0.2, 0.25) is 15.9 Å². The maximum absolute atomic E-state index is 13.5. The molecule has 0 atom stereocenters. The van der Waals surface area contributed by atoms with Crippen molar-refractivity contribution in [2.75, 3.05) is 11.9 Å². The third-order valence-corrected chi connectivity index (χ3v) is 10.4. The smallest absolute Gasteiger partial charge is 0.231 e. The first-order valence-corrected chi connectivity index (χ1v) is 14.1. The van der Waals surface area contributed by atoms with Crippen LogP contribution < -0.4 is 5.32 Å². The average Bonchev–Trinajstić information content (AvgIpc) is 2.79. The van der Waals surface area contributed by atoms with E-state index in [1.54, 1.807) is 24.3 Å². The van der Waals surface area contributed by atoms with E-state index in [-0.39, 0.29) is 23.6 Å². The maximum Gasteiger partial charge on any atom is 0.231 e. The first-order valence-electron chi connectivity index (χ1n) is 12.2. The first-order chi connectivity index (χ1) is 16.3. The molecular formula is C25H29ClN4O3S. The summed E-state index contributed by atoms with van der Waals surface area (Å²) < 4.78 is 27.6. The molecule has 4 saturated carbocycles. The van der Waals surface area contributed by atoms with Crippen LogP contribution >= 0.6 is 11.6 Å². The van der Waals surface area contributed by atoms with E-state index in [9.17, 15) is 13.2 Å². The molecule has 1 aliphatic heterocycles. The average molecular weight is 501 g/mol. The van der Waals surface area contributed by atoms with Gasteiger partial charge in [-0.25, -0.2) is 18.4 Å². The van der Waals surface area contributed by atoms with Gasteiger partial charge in [-0.2, -0.15) is 4.31 Å². The molecule has 1 N–H and O–H groups in total. The molecule has 1 aromatic carbocycles. The van der Waals surface area contributed by atoms with Crippen LogP contribution in [0.25, 0.3) is 0 Å². The lowest BCUT2D eigenvalue weighted by Gasteiger charge is -2.55. The molecule has 0 saturated heterocycles. The molecule has 9 heteroatoms. The Hall–Kier alpha value is -2.03. The molecule has 0 spiro atoms. The number of anilines is 1. The van der Waals surface area contributed by atoms with Crippen molar-refractivity contribution in [3.05, 3.63) is 52.4 Å². The first kappa shape index (κ1) is 22.4. The number of carbonyl (C=O) groups is 1. The summed E-state index contributed by atoms with van der Waals surface area (Å²) in [5, 5.41) is 3.73. The molecule has 1 aromatic heterocycles. The minimum Gasteiger partial charge on any atom is -0.310 e. The van der Waals surface area contributed by atoms with Gasteiger partial charge in [0, 0.05) is 17.1 Å². The molecule has 4 aliphatic carbocycles. The maximum atomic E-state index is 13.5. The standard InChI is InChI=1S/C25H29ClN4O3S/c26-20-3-1-16(2-4-20)14-34(32,33)30-6-5-21-22(13-30)27-15-28-23(21)29-24(31)25-10-17-7-18(11-25)9-19(8-17)12-25/h1-4,15,17-19H,5-14H2,(H,27,28,29,31). The van der Waals surface area contributed by atoms with E-state index in [0.717, 1.165) is 24.8 Å². The molecule has 0 radical (unpaired) electrons. The Balaban J connectivity index is 1.18. The van der Waals surface area contributed by atoms with Gasteiger partial charge in [0.05, 0.1) is 23.4 Å². The minimum atomic E-state index is -3.52. The summed E-state index contributed by atoms with van der Waals surface area (Å²) in [5.74, 6) is 2.65. The summed E-state index contributed by atoms with van der Waals surface area (Å²) in [4.78, 5) is 22.3. The Kier molecular flexibility index (Phi) is 5.46. The number of aromatic nitrogens is 2. The van der Waals surface area contributed by atoms with Crippen molar-refractivity contribution in [3.63, 3.8) is 0 Å². The minimum absolute atomic E-state index is 0.0831. The molecule has 2 heterocycles. The van der Waals surface area contributed by atoms with Gasteiger partial charge in [0.15, 0.2) is 0 Å². The number of amides is 1. The largest absolute Gasteiger partial charge is 0.310 e. The van der Waals surface area contributed by atoms with Gasteiger partial charge in [-0.15, -0.1) is 0 Å². The van der Waals surface area contributed by atoms with Crippen molar-refractivity contribution in [1.29, 1.82) is 0 Å². The fourth-order valence-corrected chi connectivity index (χ4v) is 8.80. The number of fused-ring (bicyclic) bond motifs is 1. The summed E-state index contributed by atoms with van der Waals surface area (Å²) >= 11 is 5.92. The zero-order valence-corrected chi connectivity index (χ0v) is 20.6. The van der Waals surface area contributed by atoms with Crippen molar-refractivity contribution in [2.45, 2.75) is 57.2 Å². The van der Waals surface area contributed by atoms with Crippen LogP contribution in [0.2, 0.25) is 5.02 Å². The molecular weight excluding hydrogens is 472 g/mol. The third kappa shape index (κ3) is 4.03. The van der Waals surface area contributed by atoms with Crippen molar-refractivity contribution < 1.29 is 13.2 Å². The summed E-state index contributed by atoms with van der Waals surface area (Å²) in [7, 11) is -3.52. The molecule has 180 valence electrons. The number of sulfonamides is 1. The van der Waals surface area contributed by atoms with Crippen LogP contribution in [0.5, 0.6) is 0 Å². The van der Waals surface area contributed by atoms with Crippen molar-refractivity contribution in [3.8, 4) is 0 Å². The molecule has 2 aromatic rings. The van der Waals surface area contributed by atoms with E-state index in [4.69, 9.17) is 11.6 Å². The van der Waals surface area contributed by atoms with Crippen molar-refractivity contribution in [2.24, 2.45) is 23.2 Å². The molecule has 7 nitrogen and oxygen atoms in total. The highest BCUT2D eigenvalue weighted by Gasteiger charge is 2.54. The van der Waals surface area contributed by atoms with Gasteiger partial charge in [0.1, 0.15) is 12.1 Å². The molecule has 4 bridgehead atoms. The molecule has 34 heavy (non-hydrogen) atoms. The number of nitrogens with zero attached hydrogens (tertiary/aromatic N) is 3. The molecule has 4 fully saturated rings. The summed E-state index contributed by atoms with van der Waals surface area (Å²) in [6.07, 6.45) is 8.76. The Morgan fingerprint density at radius 3 is 2.35 bits per heavy atom. The van der Waals surface area contributed by atoms with E-state index in [2.05, 4.69) is 15.3 Å². The second-order valence-corrected chi connectivity index (χ2v) is 13.2. The number of nitrogens with one attached hydrogen (secondary N) is 1. The fraction of sp³-hybridized carbons (Fsp3) is 0.560. The number of hydrogen-bond donors (Lipinski definition) is 1. The molecule has 0 unspecified atom stereocenters. The zero-order chi connectivity index (χ0) is 23.5. The van der Waals surface area contributed by atoms with E-state index < -0.39 is 10.0 Å². The highest BCUT2D eigenvalue weighted by Crippen LogP contribution is 2.60. The Bertz CT molecular complexity index is 1200. The SMILES string of the molecule is O=C(Nc1ncnc2c1CCN(S(=O)(=O)Cc1ccc(Cl)cc1)C2)C12CC3CC(CC(C3)C1)C2. The van der Waals surface area contributed by atoms with E-state index in [1.165, 1.54) is 29.9 Å². The van der Waals surface area contributed by atoms with Gasteiger partial charge in [-0.1, -0.05) is 23.7 Å². The van der Waals surface area contributed by atoms with Gasteiger partial charge < -0.3 is 5.32 Å². The van der Waals surface area contributed by atoms with Crippen LogP contribution in [0.3, 0.4) is 0 Å². The highest BCUT2D eigenvalue weighted by atomic mass is 35.5. The predicted octanol–water partition coefficient (Wildman–Crippen LogP) is 4.17. The second kappa shape index (κ2) is 8.28. The predicted molar refractivity (Wildman–Crippen MR) is 129 cm³/mol.